The second-order valence-corrected chi connectivity index (χ2v) is 3.49. The first kappa shape index (κ1) is 10.1. The minimum atomic E-state index is 0.733. The molecule has 0 amide bonds. The van der Waals surface area contributed by atoms with E-state index < -0.39 is 0 Å². The first-order chi connectivity index (χ1) is 6.18. The van der Waals surface area contributed by atoms with E-state index in [0.29, 0.717) is 0 Å². The van der Waals surface area contributed by atoms with E-state index in [2.05, 4.69) is 11.8 Å². The van der Waals surface area contributed by atoms with Crippen LogP contribution in [-0.4, -0.2) is 25.5 Å². The van der Waals surface area contributed by atoms with Gasteiger partial charge < -0.3 is 0 Å². The van der Waals surface area contributed by atoms with Crippen LogP contribution in [0.4, 0.5) is 0 Å². The van der Waals surface area contributed by atoms with Crippen LogP contribution in [0.25, 0.3) is 0 Å². The lowest BCUT2D eigenvalue weighted by molar-refractivity contribution is 0.464. The number of hydrogen-bond acceptors (Lipinski definition) is 1. The van der Waals surface area contributed by atoms with Gasteiger partial charge in [-0.15, -0.1) is 0 Å². The van der Waals surface area contributed by atoms with Gasteiger partial charge in [0.05, 0.1) is 6.54 Å². The SMILES string of the molecule is CN(C)CC#Cc1cccc(Cl)c1. The number of benzene rings is 1. The molecule has 0 unspecified atom stereocenters. The molecule has 0 aliphatic heterocycles. The van der Waals surface area contributed by atoms with Gasteiger partial charge in [0.2, 0.25) is 0 Å². The Morgan fingerprint density at radius 2 is 2.15 bits per heavy atom. The molecule has 0 heterocycles. The van der Waals surface area contributed by atoms with Crippen molar-refractivity contribution in [3.8, 4) is 11.8 Å². The molecular weight excluding hydrogens is 182 g/mol. The summed E-state index contributed by atoms with van der Waals surface area (Å²) in [6.45, 7) is 0.770. The second kappa shape index (κ2) is 4.91. The summed E-state index contributed by atoms with van der Waals surface area (Å²) in [7, 11) is 3.99. The molecule has 0 saturated heterocycles. The van der Waals surface area contributed by atoms with Crippen molar-refractivity contribution in [2.75, 3.05) is 20.6 Å². The second-order valence-electron chi connectivity index (χ2n) is 3.05. The third-order valence-corrected chi connectivity index (χ3v) is 1.69. The molecule has 68 valence electrons. The van der Waals surface area contributed by atoms with Gasteiger partial charge in [-0.05, 0) is 32.3 Å². The number of rotatable bonds is 1. The van der Waals surface area contributed by atoms with Crippen LogP contribution in [0.5, 0.6) is 0 Å². The van der Waals surface area contributed by atoms with Crippen LogP contribution in [0.15, 0.2) is 24.3 Å². The van der Waals surface area contributed by atoms with Crippen molar-refractivity contribution in [1.29, 1.82) is 0 Å². The Balaban J connectivity index is 2.66. The first-order valence-corrected chi connectivity index (χ1v) is 4.45. The highest BCUT2D eigenvalue weighted by molar-refractivity contribution is 6.30. The van der Waals surface area contributed by atoms with Crippen molar-refractivity contribution >= 4 is 11.6 Å². The van der Waals surface area contributed by atoms with E-state index in [9.17, 15) is 0 Å². The summed E-state index contributed by atoms with van der Waals surface area (Å²) in [5, 5.41) is 0.733. The molecular formula is C11H12ClN. The number of halogens is 1. The van der Waals surface area contributed by atoms with Crippen LogP contribution in [0, 0.1) is 11.8 Å². The van der Waals surface area contributed by atoms with Crippen molar-refractivity contribution in [2.45, 2.75) is 0 Å². The summed E-state index contributed by atoms with van der Waals surface area (Å²) in [4.78, 5) is 2.03. The average Bonchev–Trinajstić information content (AvgIpc) is 2.03. The van der Waals surface area contributed by atoms with Crippen molar-refractivity contribution in [3.05, 3.63) is 34.9 Å². The molecule has 0 saturated carbocycles. The fraction of sp³-hybridized carbons (Fsp3) is 0.273. The summed E-state index contributed by atoms with van der Waals surface area (Å²) in [5.74, 6) is 6.09. The summed E-state index contributed by atoms with van der Waals surface area (Å²) in [6.07, 6.45) is 0. The Labute approximate surface area is 84.3 Å². The average molecular weight is 194 g/mol. The van der Waals surface area contributed by atoms with Gasteiger partial charge in [-0.2, -0.15) is 0 Å². The fourth-order valence-electron chi connectivity index (χ4n) is 0.866. The predicted molar refractivity (Wildman–Crippen MR) is 56.9 cm³/mol. The van der Waals surface area contributed by atoms with Gasteiger partial charge in [0.25, 0.3) is 0 Å². The largest absolute Gasteiger partial charge is 0.299 e. The maximum atomic E-state index is 5.81. The summed E-state index contributed by atoms with van der Waals surface area (Å²) in [5.41, 5.74) is 0.967. The van der Waals surface area contributed by atoms with E-state index in [1.807, 2.05) is 43.3 Å². The summed E-state index contributed by atoms with van der Waals surface area (Å²) >= 11 is 5.81. The lowest BCUT2D eigenvalue weighted by Crippen LogP contribution is -2.10. The molecule has 0 radical (unpaired) electrons. The predicted octanol–water partition coefficient (Wildman–Crippen LogP) is 2.25. The van der Waals surface area contributed by atoms with Crippen molar-refractivity contribution < 1.29 is 0 Å². The fourth-order valence-corrected chi connectivity index (χ4v) is 1.06. The molecule has 0 aliphatic rings. The maximum Gasteiger partial charge on any atom is 0.0600 e. The molecule has 1 aromatic rings. The van der Waals surface area contributed by atoms with Crippen LogP contribution in [0.1, 0.15) is 5.56 Å². The van der Waals surface area contributed by atoms with Crippen LogP contribution < -0.4 is 0 Å². The van der Waals surface area contributed by atoms with Gasteiger partial charge in [0.15, 0.2) is 0 Å². The minimum absolute atomic E-state index is 0.733. The summed E-state index contributed by atoms with van der Waals surface area (Å²) < 4.78 is 0. The Hall–Kier alpha value is -0.970. The quantitative estimate of drug-likeness (QED) is 0.619. The Kier molecular flexibility index (Phi) is 3.82. The first-order valence-electron chi connectivity index (χ1n) is 4.07. The lowest BCUT2D eigenvalue weighted by atomic mass is 10.2. The molecule has 1 aromatic carbocycles. The molecule has 0 N–H and O–H groups in total. The molecule has 0 aliphatic carbocycles. The molecule has 13 heavy (non-hydrogen) atoms. The van der Waals surface area contributed by atoms with Crippen LogP contribution in [-0.2, 0) is 0 Å². The highest BCUT2D eigenvalue weighted by atomic mass is 35.5. The van der Waals surface area contributed by atoms with Crippen LogP contribution >= 0.6 is 11.6 Å². The zero-order chi connectivity index (χ0) is 9.68. The van der Waals surface area contributed by atoms with Crippen LogP contribution in [0.2, 0.25) is 5.02 Å². The zero-order valence-electron chi connectivity index (χ0n) is 7.84. The highest BCUT2D eigenvalue weighted by Crippen LogP contribution is 2.09. The van der Waals surface area contributed by atoms with Gasteiger partial charge in [-0.25, -0.2) is 0 Å². The van der Waals surface area contributed by atoms with Crippen molar-refractivity contribution in [3.63, 3.8) is 0 Å². The molecule has 1 nitrogen and oxygen atoms in total. The topological polar surface area (TPSA) is 3.24 Å². The van der Waals surface area contributed by atoms with Gasteiger partial charge in [-0.3, -0.25) is 4.90 Å². The van der Waals surface area contributed by atoms with E-state index in [1.54, 1.807) is 0 Å². The summed E-state index contributed by atoms with van der Waals surface area (Å²) in [6, 6.07) is 7.57. The van der Waals surface area contributed by atoms with E-state index in [4.69, 9.17) is 11.6 Å². The van der Waals surface area contributed by atoms with Crippen molar-refractivity contribution in [1.82, 2.24) is 4.90 Å². The maximum absolute atomic E-state index is 5.81. The molecule has 2 heteroatoms. The van der Waals surface area contributed by atoms with E-state index >= 15 is 0 Å². The van der Waals surface area contributed by atoms with Gasteiger partial charge >= 0.3 is 0 Å². The Bertz CT molecular complexity index is 333. The smallest absolute Gasteiger partial charge is 0.0600 e. The molecule has 1 rings (SSSR count). The molecule has 0 fully saturated rings. The van der Waals surface area contributed by atoms with Crippen LogP contribution in [0.3, 0.4) is 0 Å². The normalized spacial score (nSPS) is 9.54. The van der Waals surface area contributed by atoms with Gasteiger partial charge in [0.1, 0.15) is 0 Å². The van der Waals surface area contributed by atoms with E-state index in [1.165, 1.54) is 0 Å². The highest BCUT2D eigenvalue weighted by Gasteiger charge is 1.88. The van der Waals surface area contributed by atoms with Gasteiger partial charge in [0, 0.05) is 10.6 Å². The third kappa shape index (κ3) is 3.98. The standard InChI is InChI=1S/C11H12ClN/c1-13(2)8-4-6-10-5-3-7-11(12)9-10/h3,5,7,9H,8H2,1-2H3. The molecule has 0 spiro atoms. The molecule has 0 bridgehead atoms. The zero-order valence-corrected chi connectivity index (χ0v) is 8.60. The molecule has 0 aromatic heterocycles. The monoisotopic (exact) mass is 193 g/mol. The van der Waals surface area contributed by atoms with Crippen molar-refractivity contribution in [2.24, 2.45) is 0 Å². The Morgan fingerprint density at radius 1 is 1.38 bits per heavy atom. The molecule has 0 atom stereocenters. The minimum Gasteiger partial charge on any atom is -0.299 e. The van der Waals surface area contributed by atoms with E-state index in [0.717, 1.165) is 17.1 Å². The third-order valence-electron chi connectivity index (χ3n) is 1.45. The lowest BCUT2D eigenvalue weighted by Gasteiger charge is -2.00. The Morgan fingerprint density at radius 3 is 2.77 bits per heavy atom. The number of hydrogen-bond donors (Lipinski definition) is 0. The number of nitrogens with zero attached hydrogens (tertiary/aromatic N) is 1. The van der Waals surface area contributed by atoms with Gasteiger partial charge in [-0.1, -0.05) is 29.5 Å². The van der Waals surface area contributed by atoms with E-state index in [-0.39, 0.29) is 0 Å².